The van der Waals surface area contributed by atoms with Crippen LogP contribution in [0.1, 0.15) is 303 Å². The van der Waals surface area contributed by atoms with Crippen LogP contribution in [0.15, 0.2) is 146 Å². The summed E-state index contributed by atoms with van der Waals surface area (Å²) in [6, 6.07) is 0. The second-order valence-corrected chi connectivity index (χ2v) is 22.4. The van der Waals surface area contributed by atoms with Crippen molar-refractivity contribution in [2.45, 2.75) is 309 Å². The quantitative estimate of drug-likeness (QED) is 0.0261. The minimum atomic E-state index is -0.809. The third kappa shape index (κ3) is 68.0. The van der Waals surface area contributed by atoms with E-state index in [9.17, 15) is 14.4 Å². The molecule has 0 rings (SSSR count). The Balaban J connectivity index is 4.39. The van der Waals surface area contributed by atoms with Crippen LogP contribution in [-0.2, 0) is 28.6 Å². The zero-order valence-corrected chi connectivity index (χ0v) is 53.9. The minimum Gasteiger partial charge on any atom is -0.462 e. The lowest BCUT2D eigenvalue weighted by molar-refractivity contribution is -0.167. The van der Waals surface area contributed by atoms with Crippen molar-refractivity contribution in [3.05, 3.63) is 146 Å². The second-order valence-electron chi connectivity index (χ2n) is 22.4. The van der Waals surface area contributed by atoms with Gasteiger partial charge in [-0.05, 0) is 122 Å². The first kappa shape index (κ1) is 78.3. The van der Waals surface area contributed by atoms with Gasteiger partial charge in [-0.1, -0.05) is 308 Å². The highest BCUT2D eigenvalue weighted by molar-refractivity contribution is 5.71. The van der Waals surface area contributed by atoms with E-state index in [1.807, 2.05) is 0 Å². The summed E-state index contributed by atoms with van der Waals surface area (Å²) in [6.45, 7) is 6.47. The fourth-order valence-corrected chi connectivity index (χ4v) is 9.22. The molecule has 0 aliphatic heterocycles. The molecule has 0 N–H and O–H groups in total. The largest absolute Gasteiger partial charge is 0.462 e. The van der Waals surface area contributed by atoms with E-state index < -0.39 is 6.10 Å². The average molecular weight is 1150 g/mol. The van der Waals surface area contributed by atoms with Gasteiger partial charge in [0, 0.05) is 19.3 Å². The number of carbonyl (C=O) groups excluding carboxylic acids is 3. The van der Waals surface area contributed by atoms with Gasteiger partial charge in [-0.3, -0.25) is 14.4 Å². The molecule has 0 bridgehead atoms. The van der Waals surface area contributed by atoms with Crippen LogP contribution in [0.2, 0.25) is 0 Å². The molecule has 1 unspecified atom stereocenters. The van der Waals surface area contributed by atoms with Gasteiger partial charge in [-0.25, -0.2) is 0 Å². The van der Waals surface area contributed by atoms with E-state index in [-0.39, 0.29) is 37.5 Å². The molecule has 0 amide bonds. The standard InChI is InChI=1S/C77H126O6/c1-4-7-10-13-16-19-22-24-26-28-30-32-34-36-37-38-39-41-42-44-46-48-50-52-55-58-61-64-67-70-76(79)82-73-74(72-81-75(78)69-66-63-60-57-54-21-18-15-12-9-6-3)83-77(80)71-68-65-62-59-56-53-51-49-47-45-43-40-35-33-31-29-27-25-23-20-17-14-11-8-5-2/h7,10,16,19,23-26,29-32,35-37,39-41,44,46,50,52,58,61,74H,4-6,8-9,11-15,17-18,20-22,27-28,33-34,38,42-43,45,47-49,51,53-57,59-60,62-73H2,1-3H3/b10-7-,19-16-,25-23-,26-24-,31-29-,32-30-,37-36-,40-35-,41-39-,46-44-,52-50-,61-58-. The van der Waals surface area contributed by atoms with Crippen LogP contribution in [0, 0.1) is 0 Å². The number of hydrogen-bond acceptors (Lipinski definition) is 6. The van der Waals surface area contributed by atoms with Crippen molar-refractivity contribution in [3.8, 4) is 0 Å². The molecule has 0 aliphatic rings. The van der Waals surface area contributed by atoms with E-state index in [2.05, 4.69) is 167 Å². The highest BCUT2D eigenvalue weighted by atomic mass is 16.6. The van der Waals surface area contributed by atoms with Gasteiger partial charge in [-0.2, -0.15) is 0 Å². The summed E-state index contributed by atoms with van der Waals surface area (Å²) < 4.78 is 16.9. The molecule has 0 fully saturated rings. The SMILES string of the molecule is CC/C=C\C/C=C\C/C=C\C/C=C\C/C=C\C/C=C\C/C=C\C/C=C\C/C=C\CCCC(=O)OCC(COC(=O)CCCCCCCCCCCCC)OC(=O)CCCCCCCCCCCC/C=C\C/C=C\C/C=C\CCCCCCC. The van der Waals surface area contributed by atoms with Gasteiger partial charge in [0.05, 0.1) is 0 Å². The first-order valence-electron chi connectivity index (χ1n) is 34.3. The summed E-state index contributed by atoms with van der Waals surface area (Å²) in [4.78, 5) is 38.3. The van der Waals surface area contributed by atoms with E-state index in [1.54, 1.807) is 0 Å². The highest BCUT2D eigenvalue weighted by Gasteiger charge is 2.19. The van der Waals surface area contributed by atoms with Crippen molar-refractivity contribution in [1.82, 2.24) is 0 Å². The lowest BCUT2D eigenvalue weighted by atomic mass is 10.0. The van der Waals surface area contributed by atoms with Crippen molar-refractivity contribution in [2.24, 2.45) is 0 Å². The maximum absolute atomic E-state index is 12.9. The highest BCUT2D eigenvalue weighted by Crippen LogP contribution is 2.16. The number of esters is 3. The molecular weight excluding hydrogens is 1020 g/mol. The van der Waals surface area contributed by atoms with Crippen molar-refractivity contribution in [3.63, 3.8) is 0 Å². The third-order valence-electron chi connectivity index (χ3n) is 14.3. The van der Waals surface area contributed by atoms with Crippen molar-refractivity contribution in [2.75, 3.05) is 13.2 Å². The Kier molecular flexibility index (Phi) is 65.8. The fourth-order valence-electron chi connectivity index (χ4n) is 9.22. The molecule has 0 saturated carbocycles. The smallest absolute Gasteiger partial charge is 0.306 e. The molecule has 83 heavy (non-hydrogen) atoms. The average Bonchev–Trinajstić information content (AvgIpc) is 3.48. The molecule has 6 nitrogen and oxygen atoms in total. The summed E-state index contributed by atoms with van der Waals surface area (Å²) in [7, 11) is 0. The number of carbonyl (C=O) groups is 3. The maximum atomic E-state index is 12.9. The number of rotatable bonds is 61. The summed E-state index contributed by atoms with van der Waals surface area (Å²) in [5.74, 6) is -0.964. The van der Waals surface area contributed by atoms with Crippen molar-refractivity contribution in [1.29, 1.82) is 0 Å². The number of hydrogen-bond donors (Lipinski definition) is 0. The second kappa shape index (κ2) is 69.8. The topological polar surface area (TPSA) is 78.9 Å². The van der Waals surface area contributed by atoms with Crippen LogP contribution >= 0.6 is 0 Å². The molecule has 0 spiro atoms. The number of unbranched alkanes of at least 4 members (excludes halogenated alkanes) is 26. The first-order valence-corrected chi connectivity index (χ1v) is 34.3. The molecule has 470 valence electrons. The normalized spacial score (nSPS) is 13.0. The van der Waals surface area contributed by atoms with Crippen LogP contribution in [0.4, 0.5) is 0 Å². The summed E-state index contributed by atoms with van der Waals surface area (Å²) >= 11 is 0. The Bertz CT molecular complexity index is 1800. The van der Waals surface area contributed by atoms with E-state index >= 15 is 0 Å². The van der Waals surface area contributed by atoms with Gasteiger partial charge < -0.3 is 14.2 Å². The van der Waals surface area contributed by atoms with Gasteiger partial charge in [0.15, 0.2) is 6.10 Å². The molecule has 0 aliphatic carbocycles. The van der Waals surface area contributed by atoms with Crippen molar-refractivity contribution < 1.29 is 28.6 Å². The summed E-state index contributed by atoms with van der Waals surface area (Å²) in [5, 5.41) is 0. The molecule has 0 aromatic heterocycles. The van der Waals surface area contributed by atoms with Gasteiger partial charge in [0.1, 0.15) is 13.2 Å². The molecule has 0 aromatic carbocycles. The summed E-state index contributed by atoms with van der Waals surface area (Å²) in [6.07, 6.45) is 100. The number of allylic oxidation sites excluding steroid dienone is 24. The zero-order valence-electron chi connectivity index (χ0n) is 53.9. The Morgan fingerprint density at radius 3 is 0.783 bits per heavy atom. The minimum absolute atomic E-state index is 0.0998. The van der Waals surface area contributed by atoms with E-state index in [4.69, 9.17) is 14.2 Å². The zero-order chi connectivity index (χ0) is 59.9. The van der Waals surface area contributed by atoms with Crippen molar-refractivity contribution >= 4 is 17.9 Å². The monoisotopic (exact) mass is 1150 g/mol. The Hall–Kier alpha value is -4.71. The predicted molar refractivity (Wildman–Crippen MR) is 362 cm³/mol. The van der Waals surface area contributed by atoms with E-state index in [0.29, 0.717) is 19.3 Å². The van der Waals surface area contributed by atoms with Gasteiger partial charge >= 0.3 is 17.9 Å². The molecule has 0 radical (unpaired) electrons. The van der Waals surface area contributed by atoms with Crippen LogP contribution in [0.5, 0.6) is 0 Å². The molecule has 1 atom stereocenters. The Morgan fingerprint density at radius 1 is 0.253 bits per heavy atom. The van der Waals surface area contributed by atoms with Gasteiger partial charge in [-0.15, -0.1) is 0 Å². The summed E-state index contributed by atoms with van der Waals surface area (Å²) in [5.41, 5.74) is 0. The predicted octanol–water partition coefficient (Wildman–Crippen LogP) is 23.9. The molecule has 6 heteroatoms. The molecule has 0 heterocycles. The van der Waals surface area contributed by atoms with Crippen LogP contribution in [0.3, 0.4) is 0 Å². The first-order chi connectivity index (χ1) is 41.0. The lowest BCUT2D eigenvalue weighted by Crippen LogP contribution is -2.30. The van der Waals surface area contributed by atoms with Crippen LogP contribution in [0.25, 0.3) is 0 Å². The molecule has 0 saturated heterocycles. The lowest BCUT2D eigenvalue weighted by Gasteiger charge is -2.18. The van der Waals surface area contributed by atoms with Gasteiger partial charge in [0.25, 0.3) is 0 Å². The van der Waals surface area contributed by atoms with Crippen LogP contribution in [-0.4, -0.2) is 37.2 Å². The van der Waals surface area contributed by atoms with Gasteiger partial charge in [0.2, 0.25) is 0 Å². The molecular formula is C77H126O6. The van der Waals surface area contributed by atoms with E-state index in [1.165, 1.54) is 141 Å². The maximum Gasteiger partial charge on any atom is 0.306 e. The molecule has 0 aromatic rings. The fraction of sp³-hybridized carbons (Fsp3) is 0.649. The third-order valence-corrected chi connectivity index (χ3v) is 14.3. The van der Waals surface area contributed by atoms with E-state index in [0.717, 1.165) is 116 Å². The Labute approximate surface area is 512 Å². The Morgan fingerprint density at radius 2 is 0.482 bits per heavy atom. The number of ether oxygens (including phenoxy) is 3. The van der Waals surface area contributed by atoms with Crippen LogP contribution < -0.4 is 0 Å².